The van der Waals surface area contributed by atoms with Crippen molar-refractivity contribution in [2.45, 2.75) is 0 Å². The maximum atomic E-state index is 5.49. The standard InChI is InChI=1S/C13H14N4OS/c1-17(9-4-3-5-10(6-9)18-2)12-8-15-11(7-16-12)13(14)19/h3-8H,1-2H3,(H2,14,19). The molecule has 1 heterocycles. The Morgan fingerprint density at radius 1 is 1.32 bits per heavy atom. The number of nitrogens with two attached hydrogens (primary N) is 1. The van der Waals surface area contributed by atoms with Gasteiger partial charge in [-0.05, 0) is 12.1 Å². The molecule has 0 aliphatic heterocycles. The molecule has 0 amide bonds. The zero-order valence-electron chi connectivity index (χ0n) is 10.7. The second-order valence-electron chi connectivity index (χ2n) is 3.88. The smallest absolute Gasteiger partial charge is 0.151 e. The summed E-state index contributed by atoms with van der Waals surface area (Å²) in [5.74, 6) is 1.49. The molecule has 0 unspecified atom stereocenters. The van der Waals surface area contributed by atoms with Gasteiger partial charge in [0.05, 0.1) is 19.5 Å². The molecule has 0 radical (unpaired) electrons. The molecule has 2 aromatic rings. The van der Waals surface area contributed by atoms with Crippen LogP contribution in [0.2, 0.25) is 0 Å². The van der Waals surface area contributed by atoms with Crippen molar-refractivity contribution in [1.29, 1.82) is 0 Å². The van der Waals surface area contributed by atoms with Crippen LogP contribution in [0.25, 0.3) is 0 Å². The van der Waals surface area contributed by atoms with E-state index in [0.717, 1.165) is 11.4 Å². The third-order valence-electron chi connectivity index (χ3n) is 2.67. The van der Waals surface area contributed by atoms with E-state index in [4.69, 9.17) is 22.7 Å². The predicted octanol–water partition coefficient (Wildman–Crippen LogP) is 1.89. The topological polar surface area (TPSA) is 64.3 Å². The summed E-state index contributed by atoms with van der Waals surface area (Å²) in [6.45, 7) is 0. The van der Waals surface area contributed by atoms with Gasteiger partial charge in [0.15, 0.2) is 5.82 Å². The van der Waals surface area contributed by atoms with E-state index in [9.17, 15) is 0 Å². The summed E-state index contributed by atoms with van der Waals surface area (Å²) in [6, 6.07) is 7.69. The first kappa shape index (κ1) is 13.2. The van der Waals surface area contributed by atoms with Crippen LogP contribution >= 0.6 is 12.2 Å². The van der Waals surface area contributed by atoms with E-state index in [0.29, 0.717) is 11.5 Å². The minimum absolute atomic E-state index is 0.239. The van der Waals surface area contributed by atoms with E-state index in [1.165, 1.54) is 0 Å². The van der Waals surface area contributed by atoms with Crippen LogP contribution in [0.4, 0.5) is 11.5 Å². The zero-order valence-corrected chi connectivity index (χ0v) is 11.5. The van der Waals surface area contributed by atoms with Crippen LogP contribution in [0, 0.1) is 0 Å². The molecule has 19 heavy (non-hydrogen) atoms. The first-order chi connectivity index (χ1) is 9.11. The number of hydrogen-bond acceptors (Lipinski definition) is 5. The Morgan fingerprint density at radius 2 is 2.11 bits per heavy atom. The molecule has 0 atom stereocenters. The molecule has 0 aliphatic carbocycles. The second kappa shape index (κ2) is 5.62. The molecule has 2 N–H and O–H groups in total. The van der Waals surface area contributed by atoms with E-state index in [1.54, 1.807) is 19.5 Å². The van der Waals surface area contributed by atoms with Crippen LogP contribution < -0.4 is 15.4 Å². The van der Waals surface area contributed by atoms with Gasteiger partial charge >= 0.3 is 0 Å². The van der Waals surface area contributed by atoms with Crippen molar-refractivity contribution in [1.82, 2.24) is 9.97 Å². The normalized spacial score (nSPS) is 10.0. The van der Waals surface area contributed by atoms with Gasteiger partial charge in [0, 0.05) is 18.8 Å². The lowest BCUT2D eigenvalue weighted by Crippen LogP contribution is -2.15. The molecule has 0 fully saturated rings. The van der Waals surface area contributed by atoms with E-state index < -0.39 is 0 Å². The first-order valence-corrected chi connectivity index (χ1v) is 6.02. The van der Waals surface area contributed by atoms with Crippen LogP contribution in [-0.4, -0.2) is 29.1 Å². The van der Waals surface area contributed by atoms with Gasteiger partial charge in [0.2, 0.25) is 0 Å². The van der Waals surface area contributed by atoms with Crippen molar-refractivity contribution in [3.05, 3.63) is 42.4 Å². The van der Waals surface area contributed by atoms with Crippen LogP contribution in [0.15, 0.2) is 36.7 Å². The first-order valence-electron chi connectivity index (χ1n) is 5.61. The highest BCUT2D eigenvalue weighted by atomic mass is 32.1. The van der Waals surface area contributed by atoms with E-state index in [2.05, 4.69) is 9.97 Å². The second-order valence-corrected chi connectivity index (χ2v) is 4.32. The number of nitrogens with zero attached hydrogens (tertiary/aromatic N) is 3. The van der Waals surface area contributed by atoms with Crippen molar-refractivity contribution in [2.75, 3.05) is 19.1 Å². The van der Waals surface area contributed by atoms with Crippen LogP contribution in [-0.2, 0) is 0 Å². The summed E-state index contributed by atoms with van der Waals surface area (Å²) in [7, 11) is 3.54. The predicted molar refractivity (Wildman–Crippen MR) is 79.0 cm³/mol. The SMILES string of the molecule is COc1cccc(N(C)c2cnc(C(N)=S)cn2)c1. The fourth-order valence-electron chi connectivity index (χ4n) is 1.57. The van der Waals surface area contributed by atoms with Crippen molar-refractivity contribution in [3.63, 3.8) is 0 Å². The van der Waals surface area contributed by atoms with Crippen molar-refractivity contribution in [2.24, 2.45) is 5.73 Å². The van der Waals surface area contributed by atoms with Gasteiger partial charge in [-0.1, -0.05) is 18.3 Å². The molecular weight excluding hydrogens is 260 g/mol. The lowest BCUT2D eigenvalue weighted by Gasteiger charge is -2.18. The Kier molecular flexibility index (Phi) is 3.91. The number of aromatic nitrogens is 2. The Hall–Kier alpha value is -2.21. The fraction of sp³-hybridized carbons (Fsp3) is 0.154. The van der Waals surface area contributed by atoms with Gasteiger partial charge in [0.1, 0.15) is 16.4 Å². The zero-order chi connectivity index (χ0) is 13.8. The van der Waals surface area contributed by atoms with E-state index >= 15 is 0 Å². The summed E-state index contributed by atoms with van der Waals surface area (Å²) in [4.78, 5) is 10.6. The summed E-state index contributed by atoms with van der Waals surface area (Å²) in [5, 5.41) is 0. The molecule has 1 aromatic carbocycles. The van der Waals surface area contributed by atoms with Gasteiger partial charge in [-0.15, -0.1) is 0 Å². The lowest BCUT2D eigenvalue weighted by molar-refractivity contribution is 0.415. The van der Waals surface area contributed by atoms with Crippen molar-refractivity contribution < 1.29 is 4.74 Å². The fourth-order valence-corrected chi connectivity index (χ4v) is 1.68. The summed E-state index contributed by atoms with van der Waals surface area (Å²) in [6.07, 6.45) is 3.20. The molecular formula is C13H14N4OS. The highest BCUT2D eigenvalue weighted by molar-refractivity contribution is 7.80. The Bertz CT molecular complexity index is 585. The number of ether oxygens (including phenoxy) is 1. The quantitative estimate of drug-likeness (QED) is 0.859. The molecule has 0 bridgehead atoms. The van der Waals surface area contributed by atoms with E-state index in [-0.39, 0.29) is 4.99 Å². The molecule has 1 aromatic heterocycles. The monoisotopic (exact) mass is 274 g/mol. The molecule has 2 rings (SSSR count). The highest BCUT2D eigenvalue weighted by Gasteiger charge is 2.07. The van der Waals surface area contributed by atoms with Crippen LogP contribution in [0.1, 0.15) is 5.69 Å². The number of thiocarbonyl (C=S) groups is 1. The minimum Gasteiger partial charge on any atom is -0.497 e. The maximum Gasteiger partial charge on any atom is 0.151 e. The number of hydrogen-bond donors (Lipinski definition) is 1. The van der Waals surface area contributed by atoms with Crippen molar-refractivity contribution in [3.8, 4) is 5.75 Å². The number of rotatable bonds is 4. The number of methoxy groups -OCH3 is 1. The van der Waals surface area contributed by atoms with Crippen LogP contribution in [0.5, 0.6) is 5.75 Å². The Morgan fingerprint density at radius 3 is 2.68 bits per heavy atom. The van der Waals surface area contributed by atoms with Gasteiger partial charge in [-0.3, -0.25) is 0 Å². The van der Waals surface area contributed by atoms with Gasteiger partial charge in [-0.25, -0.2) is 9.97 Å². The summed E-state index contributed by atoms with van der Waals surface area (Å²) >= 11 is 4.84. The number of anilines is 2. The average Bonchev–Trinajstić information content (AvgIpc) is 2.46. The maximum absolute atomic E-state index is 5.49. The number of benzene rings is 1. The lowest BCUT2D eigenvalue weighted by atomic mass is 10.3. The van der Waals surface area contributed by atoms with E-state index in [1.807, 2.05) is 36.2 Å². The van der Waals surface area contributed by atoms with Crippen molar-refractivity contribution >= 4 is 28.7 Å². The third-order valence-corrected chi connectivity index (χ3v) is 2.88. The molecule has 5 nitrogen and oxygen atoms in total. The molecule has 0 aliphatic rings. The summed E-state index contributed by atoms with van der Waals surface area (Å²) in [5.41, 5.74) is 6.95. The van der Waals surface area contributed by atoms with Gasteiger partial charge in [-0.2, -0.15) is 0 Å². The average molecular weight is 274 g/mol. The van der Waals surface area contributed by atoms with Gasteiger partial charge in [0.25, 0.3) is 0 Å². The molecule has 98 valence electrons. The molecule has 0 spiro atoms. The summed E-state index contributed by atoms with van der Waals surface area (Å²) < 4.78 is 5.20. The molecule has 6 heteroatoms. The highest BCUT2D eigenvalue weighted by Crippen LogP contribution is 2.24. The molecule has 0 saturated carbocycles. The Labute approximate surface area is 117 Å². The Balaban J connectivity index is 2.27. The largest absolute Gasteiger partial charge is 0.497 e. The third kappa shape index (κ3) is 2.97. The van der Waals surface area contributed by atoms with Crippen LogP contribution in [0.3, 0.4) is 0 Å². The van der Waals surface area contributed by atoms with Gasteiger partial charge < -0.3 is 15.4 Å². The minimum atomic E-state index is 0.239. The molecule has 0 saturated heterocycles.